The first-order valence-corrected chi connectivity index (χ1v) is 12.1. The van der Waals surface area contributed by atoms with E-state index in [0.717, 1.165) is 0 Å². The Morgan fingerprint density at radius 2 is 1.08 bits per heavy atom. The van der Waals surface area contributed by atoms with Gasteiger partial charge in [-0.15, -0.1) is 0 Å². The molecule has 0 bridgehead atoms. The van der Waals surface area contributed by atoms with Crippen LogP contribution >= 0.6 is 0 Å². The summed E-state index contributed by atoms with van der Waals surface area (Å²) in [5.41, 5.74) is 0. The van der Waals surface area contributed by atoms with E-state index in [0.29, 0.717) is 0 Å². The van der Waals surface area contributed by atoms with Crippen molar-refractivity contribution >= 4 is 0 Å². The summed E-state index contributed by atoms with van der Waals surface area (Å²) in [6.45, 7) is 4.60. The molecule has 0 aliphatic rings. The van der Waals surface area contributed by atoms with Crippen molar-refractivity contribution in [3.05, 3.63) is 0 Å². The van der Waals surface area contributed by atoms with E-state index in [4.69, 9.17) is 0 Å². The van der Waals surface area contributed by atoms with Gasteiger partial charge in [0.15, 0.2) is 0 Å². The van der Waals surface area contributed by atoms with Gasteiger partial charge in [-0.3, -0.25) is 0 Å². The zero-order chi connectivity index (χ0) is 9.78. The summed E-state index contributed by atoms with van der Waals surface area (Å²) >= 11 is -0.220. The van der Waals surface area contributed by atoms with Gasteiger partial charge in [0.05, 0.1) is 0 Å². The monoisotopic (exact) mass is 284 g/mol. The number of unbranched alkanes of at least 4 members (excludes halogenated alkanes) is 6. The molecule has 13 heavy (non-hydrogen) atoms. The van der Waals surface area contributed by atoms with Crippen molar-refractivity contribution < 1.29 is 24.2 Å². The van der Waals surface area contributed by atoms with E-state index >= 15 is 0 Å². The Morgan fingerprint density at radius 3 is 1.46 bits per heavy atom. The third-order valence-corrected chi connectivity index (χ3v) is 8.42. The van der Waals surface area contributed by atoms with Crippen molar-refractivity contribution in [3.8, 4) is 0 Å². The summed E-state index contributed by atoms with van der Waals surface area (Å²) in [5, 5.41) is 0. The summed E-state index contributed by atoms with van der Waals surface area (Å²) in [6.07, 6.45) is 11.9. The van der Waals surface area contributed by atoms with Crippen molar-refractivity contribution in [1.29, 1.82) is 0 Å². The van der Waals surface area contributed by atoms with Crippen LogP contribution in [0.15, 0.2) is 0 Å². The third-order valence-electron chi connectivity index (χ3n) is 2.71. The maximum atomic E-state index is 2.30. The zero-order valence-corrected chi connectivity index (χ0v) is 13.8. The van der Waals surface area contributed by atoms with Crippen LogP contribution < -0.4 is 0 Å². The molecule has 0 aliphatic carbocycles. The van der Waals surface area contributed by atoms with E-state index in [1.54, 1.807) is 20.8 Å². The topological polar surface area (TPSA) is 0 Å². The van der Waals surface area contributed by atoms with Gasteiger partial charge in [0, 0.05) is 0 Å². The summed E-state index contributed by atoms with van der Waals surface area (Å²) in [6, 6.07) is 0. The van der Waals surface area contributed by atoms with Crippen LogP contribution in [0.1, 0.15) is 65.2 Å². The fraction of sp³-hybridized carbons (Fsp3) is 1.00. The molecular weight excluding hydrogens is 257 g/mol. The Kier molecular flexibility index (Phi) is 13.8. The van der Waals surface area contributed by atoms with Crippen LogP contribution in [0, 0.1) is 0 Å². The quantitative estimate of drug-likeness (QED) is 0.388. The van der Waals surface area contributed by atoms with Gasteiger partial charge in [0.1, 0.15) is 0 Å². The van der Waals surface area contributed by atoms with Gasteiger partial charge in [0.25, 0.3) is 0 Å². The zero-order valence-electron chi connectivity index (χ0n) is 9.78. The molecule has 0 heterocycles. The van der Waals surface area contributed by atoms with Crippen LogP contribution in [-0.2, 0) is 24.2 Å². The van der Waals surface area contributed by atoms with Crippen LogP contribution in [0.5, 0.6) is 0 Å². The number of rotatable bonds is 10. The molecule has 0 aliphatic heterocycles. The van der Waals surface area contributed by atoms with Crippen molar-refractivity contribution in [2.24, 2.45) is 0 Å². The maximum absolute atomic E-state index is 2.30. The molecule has 1 heteroatoms. The molecule has 0 unspecified atom stereocenters. The van der Waals surface area contributed by atoms with Crippen molar-refractivity contribution in [2.45, 2.75) is 73.2 Å². The predicted octanol–water partition coefficient (Wildman–Crippen LogP) is 5.07. The second-order valence-corrected chi connectivity index (χ2v) is 10.2. The molecule has 76 valence electrons. The van der Waals surface area contributed by atoms with Gasteiger partial charge in [-0.1, -0.05) is 0 Å². The third kappa shape index (κ3) is 12.9. The van der Waals surface area contributed by atoms with Crippen LogP contribution in [0.2, 0.25) is 7.96 Å². The number of hydrogen-bond acceptors (Lipinski definition) is 0. The minimum atomic E-state index is -0.220. The van der Waals surface area contributed by atoms with Gasteiger partial charge in [-0.25, -0.2) is 0 Å². The fourth-order valence-corrected chi connectivity index (χ4v) is 6.78. The summed E-state index contributed by atoms with van der Waals surface area (Å²) in [5.74, 6) is 0. The van der Waals surface area contributed by atoms with E-state index in [2.05, 4.69) is 13.8 Å². The SMILES string of the molecule is CCCCC[CH2][Cd][CH2]CCCCC. The van der Waals surface area contributed by atoms with Gasteiger partial charge >= 0.3 is 97.4 Å². The van der Waals surface area contributed by atoms with Gasteiger partial charge in [-0.05, 0) is 0 Å². The van der Waals surface area contributed by atoms with Gasteiger partial charge in [0.2, 0.25) is 0 Å². The predicted molar refractivity (Wildman–Crippen MR) is 57.9 cm³/mol. The van der Waals surface area contributed by atoms with E-state index in [9.17, 15) is 0 Å². The Balaban J connectivity index is 2.76. The molecule has 0 saturated heterocycles. The van der Waals surface area contributed by atoms with E-state index in [-0.39, 0.29) is 24.2 Å². The molecule has 0 amide bonds. The second kappa shape index (κ2) is 12.9. The van der Waals surface area contributed by atoms with Gasteiger partial charge < -0.3 is 0 Å². The molecule has 0 radical (unpaired) electrons. The van der Waals surface area contributed by atoms with Crippen molar-refractivity contribution in [2.75, 3.05) is 0 Å². The van der Waals surface area contributed by atoms with E-state index < -0.39 is 0 Å². The van der Waals surface area contributed by atoms with Crippen LogP contribution in [0.3, 0.4) is 0 Å². The first kappa shape index (κ1) is 13.9. The fourth-order valence-electron chi connectivity index (χ4n) is 1.74. The molecule has 0 nitrogen and oxygen atoms in total. The molecule has 0 aromatic rings. The first-order chi connectivity index (χ1) is 6.41. The average Bonchev–Trinajstić information content (AvgIpc) is 2.16. The van der Waals surface area contributed by atoms with Gasteiger partial charge in [-0.2, -0.15) is 0 Å². The molecule has 0 aromatic carbocycles. The molecule has 0 rings (SSSR count). The Bertz CT molecular complexity index is 71.2. The van der Waals surface area contributed by atoms with Crippen molar-refractivity contribution in [1.82, 2.24) is 0 Å². The standard InChI is InChI=1S/2C6H13.Cd/c2*1-3-5-6-4-2;/h2*1,3-6H2,2H3;. The summed E-state index contributed by atoms with van der Waals surface area (Å²) in [4.78, 5) is 0. The van der Waals surface area contributed by atoms with Crippen LogP contribution in [-0.4, -0.2) is 0 Å². The average molecular weight is 283 g/mol. The number of hydrogen-bond donors (Lipinski definition) is 0. The Hall–Kier alpha value is 0.922. The Labute approximate surface area is 97.1 Å². The van der Waals surface area contributed by atoms with Crippen molar-refractivity contribution in [3.63, 3.8) is 0 Å². The molecule has 0 saturated carbocycles. The summed E-state index contributed by atoms with van der Waals surface area (Å²) in [7, 11) is 0. The van der Waals surface area contributed by atoms with E-state index in [1.165, 1.54) is 38.5 Å². The molecule has 0 aromatic heterocycles. The van der Waals surface area contributed by atoms with Crippen LogP contribution in [0.25, 0.3) is 0 Å². The molecular formula is C12H26Cd. The second-order valence-electron chi connectivity index (χ2n) is 4.18. The van der Waals surface area contributed by atoms with Crippen LogP contribution in [0.4, 0.5) is 0 Å². The molecule has 0 atom stereocenters. The Morgan fingerprint density at radius 1 is 0.615 bits per heavy atom. The molecule has 0 N–H and O–H groups in total. The van der Waals surface area contributed by atoms with E-state index in [1.807, 2.05) is 0 Å². The minimum absolute atomic E-state index is 0.220. The molecule has 0 spiro atoms. The molecule has 0 fully saturated rings. The first-order valence-electron chi connectivity index (χ1n) is 6.41. The summed E-state index contributed by atoms with van der Waals surface area (Å²) < 4.78 is 3.38. The normalized spacial score (nSPS) is 10.0.